The Morgan fingerprint density at radius 1 is 1.44 bits per heavy atom. The van der Waals surface area contributed by atoms with Crippen molar-refractivity contribution in [3.8, 4) is 5.75 Å². The molecule has 0 saturated heterocycles. The second kappa shape index (κ2) is 6.47. The van der Waals surface area contributed by atoms with Gasteiger partial charge in [0.2, 0.25) is 0 Å². The van der Waals surface area contributed by atoms with Gasteiger partial charge in [0.15, 0.2) is 5.75 Å². The van der Waals surface area contributed by atoms with Gasteiger partial charge in [-0.15, -0.1) is 0 Å². The first-order valence-corrected chi connectivity index (χ1v) is 5.96. The Kier molecular flexibility index (Phi) is 5.25. The van der Waals surface area contributed by atoms with Crippen LogP contribution in [0.4, 0.5) is 5.69 Å². The Balaban J connectivity index is 2.77. The highest BCUT2D eigenvalue weighted by atomic mass is 35.5. The molecule has 0 radical (unpaired) electrons. The van der Waals surface area contributed by atoms with Crippen molar-refractivity contribution < 1.29 is 9.53 Å². The maximum Gasteiger partial charge on any atom is 0.252 e. The Labute approximate surface area is 112 Å². The minimum atomic E-state index is -0.605. The number of carbonyl (C=O) groups is 1. The van der Waals surface area contributed by atoms with Crippen LogP contribution in [-0.4, -0.2) is 38.1 Å². The van der Waals surface area contributed by atoms with Crippen molar-refractivity contribution in [3.05, 3.63) is 22.7 Å². The van der Waals surface area contributed by atoms with Crippen LogP contribution < -0.4 is 16.2 Å². The summed E-state index contributed by atoms with van der Waals surface area (Å²) < 4.78 is 5.52. The van der Waals surface area contributed by atoms with Crippen molar-refractivity contribution in [1.29, 1.82) is 0 Å². The molecule has 5 nitrogen and oxygen atoms in total. The number of rotatable bonds is 6. The number of primary amides is 1. The van der Waals surface area contributed by atoms with Crippen LogP contribution in [0.2, 0.25) is 5.02 Å². The molecule has 1 aromatic carbocycles. The molecular formula is C12H18ClN3O2. The molecule has 0 spiro atoms. The van der Waals surface area contributed by atoms with E-state index in [2.05, 4.69) is 0 Å². The normalized spacial score (nSPS) is 10.7. The van der Waals surface area contributed by atoms with E-state index in [0.29, 0.717) is 23.1 Å². The van der Waals surface area contributed by atoms with Crippen LogP contribution in [0.1, 0.15) is 16.8 Å². The summed E-state index contributed by atoms with van der Waals surface area (Å²) in [5.41, 5.74) is 11.5. The third-order valence-electron chi connectivity index (χ3n) is 2.33. The Morgan fingerprint density at radius 3 is 2.67 bits per heavy atom. The first-order chi connectivity index (χ1) is 8.41. The quantitative estimate of drug-likeness (QED) is 0.604. The molecular weight excluding hydrogens is 254 g/mol. The van der Waals surface area contributed by atoms with Crippen LogP contribution in [0.3, 0.4) is 0 Å². The number of anilines is 1. The lowest BCUT2D eigenvalue weighted by molar-refractivity contribution is 0.0996. The molecule has 0 aromatic heterocycles. The summed E-state index contributed by atoms with van der Waals surface area (Å²) >= 11 is 6.00. The zero-order valence-corrected chi connectivity index (χ0v) is 11.3. The minimum Gasteiger partial charge on any atom is -0.491 e. The summed E-state index contributed by atoms with van der Waals surface area (Å²) in [5.74, 6) is -0.302. The number of hydrogen-bond acceptors (Lipinski definition) is 4. The van der Waals surface area contributed by atoms with Gasteiger partial charge in [-0.3, -0.25) is 4.79 Å². The molecule has 0 unspecified atom stereocenters. The van der Waals surface area contributed by atoms with Crippen LogP contribution >= 0.6 is 11.6 Å². The Bertz CT molecular complexity index is 436. The van der Waals surface area contributed by atoms with Gasteiger partial charge >= 0.3 is 0 Å². The molecule has 1 amide bonds. The van der Waals surface area contributed by atoms with Gasteiger partial charge in [-0.25, -0.2) is 0 Å². The maximum atomic E-state index is 11.3. The molecule has 1 aromatic rings. The first-order valence-electron chi connectivity index (χ1n) is 5.58. The summed E-state index contributed by atoms with van der Waals surface area (Å²) in [6.45, 7) is 1.35. The van der Waals surface area contributed by atoms with E-state index in [1.165, 1.54) is 12.1 Å². The molecule has 4 N–H and O–H groups in total. The van der Waals surface area contributed by atoms with Gasteiger partial charge in [0, 0.05) is 12.2 Å². The Hall–Kier alpha value is -1.46. The monoisotopic (exact) mass is 271 g/mol. The van der Waals surface area contributed by atoms with Crippen molar-refractivity contribution in [2.75, 3.05) is 33.0 Å². The number of ether oxygens (including phenoxy) is 1. The van der Waals surface area contributed by atoms with Crippen molar-refractivity contribution in [3.63, 3.8) is 0 Å². The van der Waals surface area contributed by atoms with E-state index in [1.54, 1.807) is 0 Å². The molecule has 6 heteroatoms. The number of nitrogens with zero attached hydrogens (tertiary/aromatic N) is 1. The number of carbonyl (C=O) groups excluding carboxylic acids is 1. The predicted octanol–water partition coefficient (Wildman–Crippen LogP) is 1.35. The van der Waals surface area contributed by atoms with Crippen molar-refractivity contribution in [2.45, 2.75) is 6.42 Å². The van der Waals surface area contributed by atoms with Crippen LogP contribution in [-0.2, 0) is 0 Å². The fraction of sp³-hybridized carbons (Fsp3) is 0.417. The fourth-order valence-corrected chi connectivity index (χ4v) is 1.78. The lowest BCUT2D eigenvalue weighted by Gasteiger charge is -2.14. The highest BCUT2D eigenvalue weighted by Gasteiger charge is 2.14. The van der Waals surface area contributed by atoms with E-state index >= 15 is 0 Å². The molecule has 100 valence electrons. The molecule has 0 fully saturated rings. The molecule has 0 aliphatic rings. The van der Waals surface area contributed by atoms with Crippen molar-refractivity contribution >= 4 is 23.2 Å². The third-order valence-corrected chi connectivity index (χ3v) is 2.61. The number of benzene rings is 1. The lowest BCUT2D eigenvalue weighted by atomic mass is 10.1. The summed E-state index contributed by atoms with van der Waals surface area (Å²) in [4.78, 5) is 13.3. The molecule has 0 aliphatic heterocycles. The molecule has 0 atom stereocenters. The van der Waals surface area contributed by atoms with Gasteiger partial charge in [-0.05, 0) is 32.6 Å². The van der Waals surface area contributed by atoms with E-state index in [9.17, 15) is 4.79 Å². The number of hydrogen-bond donors (Lipinski definition) is 2. The molecule has 0 heterocycles. The zero-order chi connectivity index (χ0) is 13.7. The fourth-order valence-electron chi connectivity index (χ4n) is 1.50. The van der Waals surface area contributed by atoms with Gasteiger partial charge in [0.1, 0.15) is 0 Å². The molecule has 18 heavy (non-hydrogen) atoms. The van der Waals surface area contributed by atoms with E-state index in [0.717, 1.165) is 13.0 Å². The highest BCUT2D eigenvalue weighted by Crippen LogP contribution is 2.31. The van der Waals surface area contributed by atoms with Crippen molar-refractivity contribution in [2.24, 2.45) is 5.73 Å². The SMILES string of the molecule is CN(C)CCCOc1c(Cl)cc(N)cc1C(N)=O. The number of halogens is 1. The molecule has 1 rings (SSSR count). The largest absolute Gasteiger partial charge is 0.491 e. The van der Waals surface area contributed by atoms with Gasteiger partial charge in [-0.1, -0.05) is 11.6 Å². The predicted molar refractivity (Wildman–Crippen MR) is 73.0 cm³/mol. The van der Waals surface area contributed by atoms with Crippen molar-refractivity contribution in [1.82, 2.24) is 4.90 Å². The van der Waals surface area contributed by atoms with Crippen LogP contribution in [0.25, 0.3) is 0 Å². The van der Waals surface area contributed by atoms with E-state index in [1.807, 2.05) is 19.0 Å². The first kappa shape index (κ1) is 14.6. The van der Waals surface area contributed by atoms with E-state index in [-0.39, 0.29) is 5.56 Å². The lowest BCUT2D eigenvalue weighted by Crippen LogP contribution is -2.17. The van der Waals surface area contributed by atoms with Gasteiger partial charge in [0.25, 0.3) is 5.91 Å². The van der Waals surface area contributed by atoms with Crippen LogP contribution in [0.5, 0.6) is 5.75 Å². The third kappa shape index (κ3) is 4.09. The molecule has 0 saturated carbocycles. The topological polar surface area (TPSA) is 81.6 Å². The summed E-state index contributed by atoms with van der Waals surface area (Å²) in [7, 11) is 3.95. The number of nitrogens with two attached hydrogens (primary N) is 2. The van der Waals surface area contributed by atoms with Crippen LogP contribution in [0, 0.1) is 0 Å². The minimum absolute atomic E-state index is 0.213. The van der Waals surface area contributed by atoms with E-state index in [4.69, 9.17) is 27.8 Å². The van der Waals surface area contributed by atoms with Gasteiger partial charge < -0.3 is 21.1 Å². The van der Waals surface area contributed by atoms with Gasteiger partial charge in [-0.2, -0.15) is 0 Å². The average Bonchev–Trinajstić information content (AvgIpc) is 2.25. The number of amides is 1. The molecule has 0 aliphatic carbocycles. The smallest absolute Gasteiger partial charge is 0.252 e. The second-order valence-corrected chi connectivity index (χ2v) is 4.66. The average molecular weight is 272 g/mol. The standard InChI is InChI=1S/C12H18ClN3O2/c1-16(2)4-3-5-18-11-9(12(15)17)6-8(14)7-10(11)13/h6-7H,3-5,14H2,1-2H3,(H2,15,17). The summed E-state index contributed by atoms with van der Waals surface area (Å²) in [6, 6.07) is 3.00. The Morgan fingerprint density at radius 2 is 2.11 bits per heavy atom. The summed E-state index contributed by atoms with van der Waals surface area (Å²) in [6.07, 6.45) is 0.825. The van der Waals surface area contributed by atoms with E-state index < -0.39 is 5.91 Å². The zero-order valence-electron chi connectivity index (χ0n) is 10.6. The maximum absolute atomic E-state index is 11.3. The number of nitrogen functional groups attached to an aromatic ring is 1. The summed E-state index contributed by atoms with van der Waals surface area (Å²) in [5, 5.41) is 0.300. The highest BCUT2D eigenvalue weighted by molar-refractivity contribution is 6.33. The van der Waals surface area contributed by atoms with Gasteiger partial charge in [0.05, 0.1) is 17.2 Å². The molecule has 0 bridgehead atoms. The van der Waals surface area contributed by atoms with Crippen LogP contribution in [0.15, 0.2) is 12.1 Å². The second-order valence-electron chi connectivity index (χ2n) is 4.25.